The smallest absolute Gasteiger partial charge is 0.349 e. The Balaban J connectivity index is 1.65. The van der Waals surface area contributed by atoms with Crippen molar-refractivity contribution >= 4 is 28.2 Å². The molecule has 0 bridgehead atoms. The molecule has 3 aromatic rings. The molecule has 1 atom stereocenters. The van der Waals surface area contributed by atoms with Gasteiger partial charge >= 0.3 is 5.97 Å². The molecule has 2 aromatic carbocycles. The fourth-order valence-electron chi connectivity index (χ4n) is 3.39. The average Bonchev–Trinajstić information content (AvgIpc) is 3.24. The Labute approximate surface area is 178 Å². The summed E-state index contributed by atoms with van der Waals surface area (Å²) in [5.41, 5.74) is 8.03. The number of morpholine rings is 1. The summed E-state index contributed by atoms with van der Waals surface area (Å²) in [6.45, 7) is 2.79. The van der Waals surface area contributed by atoms with Crippen molar-refractivity contribution < 1.29 is 19.1 Å². The number of anilines is 1. The molecule has 1 aliphatic rings. The van der Waals surface area contributed by atoms with E-state index >= 15 is 0 Å². The van der Waals surface area contributed by atoms with Crippen molar-refractivity contribution in [2.75, 3.05) is 31.2 Å². The van der Waals surface area contributed by atoms with Gasteiger partial charge in [0.25, 0.3) is 5.91 Å². The Hall–Kier alpha value is -3.16. The van der Waals surface area contributed by atoms with Crippen molar-refractivity contribution in [1.82, 2.24) is 0 Å². The van der Waals surface area contributed by atoms with E-state index in [1.54, 1.807) is 24.3 Å². The van der Waals surface area contributed by atoms with Crippen molar-refractivity contribution in [2.45, 2.75) is 6.10 Å². The van der Waals surface area contributed by atoms with E-state index in [9.17, 15) is 9.59 Å². The van der Waals surface area contributed by atoms with E-state index in [-0.39, 0.29) is 0 Å². The van der Waals surface area contributed by atoms with Crippen LogP contribution in [-0.2, 0) is 14.3 Å². The van der Waals surface area contributed by atoms with E-state index in [2.05, 4.69) is 4.90 Å². The van der Waals surface area contributed by atoms with E-state index in [0.717, 1.165) is 29.2 Å². The molecular weight excluding hydrogens is 400 g/mol. The Morgan fingerprint density at radius 1 is 1.00 bits per heavy atom. The number of amides is 1. The number of carbonyl (C=O) groups excluding carboxylic acids is 2. The lowest BCUT2D eigenvalue weighted by Crippen LogP contribution is -2.35. The minimum atomic E-state index is -1.13. The molecule has 0 saturated carbocycles. The van der Waals surface area contributed by atoms with E-state index in [1.807, 2.05) is 42.5 Å². The first-order chi connectivity index (χ1) is 14.6. The van der Waals surface area contributed by atoms with E-state index in [1.165, 1.54) is 11.3 Å². The van der Waals surface area contributed by atoms with Crippen molar-refractivity contribution in [1.29, 1.82) is 0 Å². The maximum atomic E-state index is 12.9. The largest absolute Gasteiger partial charge is 0.443 e. The third kappa shape index (κ3) is 4.37. The van der Waals surface area contributed by atoms with E-state index in [4.69, 9.17) is 15.2 Å². The first-order valence-corrected chi connectivity index (χ1v) is 10.5. The summed E-state index contributed by atoms with van der Waals surface area (Å²) >= 11 is 1.36. The second-order valence-corrected chi connectivity index (χ2v) is 7.92. The number of hydrogen-bond acceptors (Lipinski definition) is 6. The van der Waals surface area contributed by atoms with Gasteiger partial charge in [-0.15, -0.1) is 11.3 Å². The Morgan fingerprint density at radius 2 is 1.63 bits per heavy atom. The molecule has 2 N–H and O–H groups in total. The second kappa shape index (κ2) is 9.11. The highest BCUT2D eigenvalue weighted by Gasteiger charge is 2.27. The summed E-state index contributed by atoms with van der Waals surface area (Å²) < 4.78 is 11.0. The highest BCUT2D eigenvalue weighted by Crippen LogP contribution is 2.40. The van der Waals surface area contributed by atoms with Gasteiger partial charge in [0.1, 0.15) is 4.88 Å². The third-order valence-corrected chi connectivity index (χ3v) is 6.06. The standard InChI is InChI=1S/C23H22N2O4S/c24-21(26)20(17-9-5-2-6-10-17)29-23(27)19-15-18(16-7-3-1-4-8-16)22(30-19)25-11-13-28-14-12-25/h1-10,15,20H,11-14H2,(H2,24,26). The molecule has 1 fully saturated rings. The zero-order valence-electron chi connectivity index (χ0n) is 16.3. The number of primary amides is 1. The lowest BCUT2D eigenvalue weighted by atomic mass is 10.1. The summed E-state index contributed by atoms with van der Waals surface area (Å²) in [5.74, 6) is -1.27. The fourth-order valence-corrected chi connectivity index (χ4v) is 4.51. The number of thiophene rings is 1. The van der Waals surface area contributed by atoms with Crippen LogP contribution in [0.4, 0.5) is 5.00 Å². The molecule has 0 radical (unpaired) electrons. The van der Waals surface area contributed by atoms with Crippen LogP contribution in [0.25, 0.3) is 11.1 Å². The number of benzene rings is 2. The number of ether oxygens (including phenoxy) is 2. The zero-order valence-corrected chi connectivity index (χ0v) is 17.1. The van der Waals surface area contributed by atoms with Crippen LogP contribution in [0.5, 0.6) is 0 Å². The predicted octanol–water partition coefficient (Wildman–Crippen LogP) is 3.64. The van der Waals surface area contributed by atoms with Crippen LogP contribution in [0.15, 0.2) is 66.7 Å². The first kappa shape index (κ1) is 20.1. The van der Waals surface area contributed by atoms with Crippen LogP contribution in [0.3, 0.4) is 0 Å². The molecule has 1 unspecified atom stereocenters. The molecule has 1 aromatic heterocycles. The molecule has 7 heteroatoms. The van der Waals surface area contributed by atoms with Gasteiger partial charge in [0.2, 0.25) is 6.10 Å². The van der Waals surface area contributed by atoms with E-state index < -0.39 is 18.0 Å². The minimum Gasteiger partial charge on any atom is -0.443 e. The summed E-state index contributed by atoms with van der Waals surface area (Å²) in [4.78, 5) is 27.5. The number of nitrogens with two attached hydrogens (primary N) is 1. The fraction of sp³-hybridized carbons (Fsp3) is 0.217. The van der Waals surface area contributed by atoms with Gasteiger partial charge in [-0.2, -0.15) is 0 Å². The van der Waals surface area contributed by atoms with Crippen molar-refractivity contribution in [2.24, 2.45) is 5.73 Å². The van der Waals surface area contributed by atoms with Gasteiger partial charge in [0.15, 0.2) is 0 Å². The third-order valence-electron chi connectivity index (χ3n) is 4.88. The van der Waals surface area contributed by atoms with Crippen LogP contribution in [0.2, 0.25) is 0 Å². The molecule has 6 nitrogen and oxygen atoms in total. The minimum absolute atomic E-state index is 0.428. The van der Waals surface area contributed by atoms with Crippen molar-refractivity contribution in [3.8, 4) is 11.1 Å². The van der Waals surface area contributed by atoms with Gasteiger partial charge in [-0.3, -0.25) is 4.79 Å². The molecule has 2 heterocycles. The number of rotatable bonds is 6. The summed E-state index contributed by atoms with van der Waals surface area (Å²) in [6.07, 6.45) is -1.13. The maximum absolute atomic E-state index is 12.9. The maximum Gasteiger partial charge on any atom is 0.349 e. The van der Waals surface area contributed by atoms with Gasteiger partial charge in [-0.25, -0.2) is 4.79 Å². The Bertz CT molecular complexity index is 1010. The molecule has 1 amide bonds. The number of carbonyl (C=O) groups is 2. The van der Waals surface area contributed by atoms with Crippen LogP contribution in [0, 0.1) is 0 Å². The van der Waals surface area contributed by atoms with Crippen LogP contribution in [0.1, 0.15) is 21.3 Å². The number of esters is 1. The summed E-state index contributed by atoms with van der Waals surface area (Å²) in [6, 6.07) is 20.5. The lowest BCUT2D eigenvalue weighted by Gasteiger charge is -2.28. The van der Waals surface area contributed by atoms with Gasteiger partial charge < -0.3 is 20.1 Å². The van der Waals surface area contributed by atoms with Gasteiger partial charge in [-0.1, -0.05) is 60.7 Å². The monoisotopic (exact) mass is 422 g/mol. The zero-order chi connectivity index (χ0) is 20.9. The van der Waals surface area contributed by atoms with E-state index in [0.29, 0.717) is 23.7 Å². The molecule has 154 valence electrons. The van der Waals surface area contributed by atoms with Crippen LogP contribution >= 0.6 is 11.3 Å². The average molecular weight is 423 g/mol. The Morgan fingerprint density at radius 3 is 2.27 bits per heavy atom. The molecule has 30 heavy (non-hydrogen) atoms. The topological polar surface area (TPSA) is 81.9 Å². The van der Waals surface area contributed by atoms with Gasteiger partial charge in [-0.05, 0) is 11.6 Å². The Kier molecular flexibility index (Phi) is 6.11. The molecule has 0 aliphatic carbocycles. The van der Waals surface area contributed by atoms with Crippen LogP contribution in [-0.4, -0.2) is 38.2 Å². The predicted molar refractivity (Wildman–Crippen MR) is 117 cm³/mol. The van der Waals surface area contributed by atoms with Gasteiger partial charge in [0, 0.05) is 24.2 Å². The van der Waals surface area contributed by atoms with Crippen molar-refractivity contribution in [3.05, 3.63) is 77.2 Å². The summed E-state index contributed by atoms with van der Waals surface area (Å²) in [5, 5.41) is 0.992. The quantitative estimate of drug-likeness (QED) is 0.614. The molecule has 4 rings (SSSR count). The highest BCUT2D eigenvalue weighted by molar-refractivity contribution is 7.18. The lowest BCUT2D eigenvalue weighted by molar-refractivity contribution is -0.127. The highest BCUT2D eigenvalue weighted by atomic mass is 32.1. The second-order valence-electron chi connectivity index (χ2n) is 6.89. The molecule has 0 spiro atoms. The number of hydrogen-bond donors (Lipinski definition) is 1. The molecule has 1 aliphatic heterocycles. The van der Waals surface area contributed by atoms with Crippen molar-refractivity contribution in [3.63, 3.8) is 0 Å². The summed E-state index contributed by atoms with van der Waals surface area (Å²) in [7, 11) is 0. The number of nitrogens with zero attached hydrogens (tertiary/aromatic N) is 1. The van der Waals surface area contributed by atoms with Gasteiger partial charge in [0.05, 0.1) is 18.2 Å². The van der Waals surface area contributed by atoms with Crippen LogP contribution < -0.4 is 10.6 Å². The SMILES string of the molecule is NC(=O)C(OC(=O)c1cc(-c2ccccc2)c(N2CCOCC2)s1)c1ccccc1. The normalized spacial score (nSPS) is 14.9. The first-order valence-electron chi connectivity index (χ1n) is 9.70. The molecular formula is C23H22N2O4S. The molecule has 1 saturated heterocycles.